The number of hydrogen-bond donors (Lipinski definition) is 0. The monoisotopic (exact) mass is 185 g/mol. The van der Waals surface area contributed by atoms with E-state index >= 15 is 0 Å². The summed E-state index contributed by atoms with van der Waals surface area (Å²) in [6.45, 7) is 10.8. The molecule has 0 fully saturated rings. The Hall–Kier alpha value is -0.830. The molecule has 0 N–H and O–H groups in total. The maximum absolute atomic E-state index is 11.0. The van der Waals surface area contributed by atoms with Crippen LogP contribution in [0.4, 0.5) is 0 Å². The van der Waals surface area contributed by atoms with Crippen LogP contribution in [0.15, 0.2) is 12.2 Å². The van der Waals surface area contributed by atoms with Crippen molar-refractivity contribution in [2.45, 2.75) is 20.3 Å². The summed E-state index contributed by atoms with van der Waals surface area (Å²) in [4.78, 5) is 13.2. The first-order valence-electron chi connectivity index (χ1n) is 4.64. The molecule has 0 saturated heterocycles. The Labute approximate surface area is 80.4 Å². The number of nitrogens with zero attached hydrogens (tertiary/aromatic N) is 1. The lowest BCUT2D eigenvalue weighted by atomic mass is 10.2. The van der Waals surface area contributed by atoms with E-state index in [0.29, 0.717) is 12.0 Å². The fourth-order valence-electron chi connectivity index (χ4n) is 1.08. The minimum atomic E-state index is -0.299. The van der Waals surface area contributed by atoms with Crippen molar-refractivity contribution in [1.82, 2.24) is 4.90 Å². The molecule has 0 aliphatic rings. The number of esters is 1. The van der Waals surface area contributed by atoms with Gasteiger partial charge in [-0.15, -0.1) is 0 Å². The van der Waals surface area contributed by atoms with E-state index in [-0.39, 0.29) is 5.97 Å². The lowest BCUT2D eigenvalue weighted by Crippen LogP contribution is -2.25. The zero-order valence-electron chi connectivity index (χ0n) is 8.80. The summed E-state index contributed by atoms with van der Waals surface area (Å²) in [5.41, 5.74) is 0.550. The number of carbonyl (C=O) groups excluding carboxylic acids is 1. The summed E-state index contributed by atoms with van der Waals surface area (Å²) in [6, 6.07) is 0. The van der Waals surface area contributed by atoms with Gasteiger partial charge in [0.25, 0.3) is 0 Å². The predicted octanol–water partition coefficient (Wildman–Crippen LogP) is 1.45. The molecule has 0 saturated carbocycles. The molecule has 3 heteroatoms. The van der Waals surface area contributed by atoms with E-state index in [1.165, 1.54) is 7.11 Å². The minimum Gasteiger partial charge on any atom is -0.466 e. The van der Waals surface area contributed by atoms with Gasteiger partial charge < -0.3 is 9.64 Å². The Balaban J connectivity index is 3.74. The van der Waals surface area contributed by atoms with Gasteiger partial charge in [-0.2, -0.15) is 0 Å². The zero-order chi connectivity index (χ0) is 10.3. The van der Waals surface area contributed by atoms with Crippen molar-refractivity contribution in [3.63, 3.8) is 0 Å². The second kappa shape index (κ2) is 6.66. The summed E-state index contributed by atoms with van der Waals surface area (Å²) in [7, 11) is 1.38. The largest absolute Gasteiger partial charge is 0.466 e. The molecule has 0 radical (unpaired) electrons. The van der Waals surface area contributed by atoms with Gasteiger partial charge in [-0.3, -0.25) is 0 Å². The molecule has 0 heterocycles. The van der Waals surface area contributed by atoms with Crippen LogP contribution in [0.25, 0.3) is 0 Å². The average molecular weight is 185 g/mol. The first-order chi connectivity index (χ1) is 6.15. The Morgan fingerprint density at radius 2 is 1.92 bits per heavy atom. The van der Waals surface area contributed by atoms with E-state index in [2.05, 4.69) is 30.1 Å². The SMILES string of the molecule is C=C(CCN(CC)CC)C(=O)OC. The van der Waals surface area contributed by atoms with E-state index < -0.39 is 0 Å². The van der Waals surface area contributed by atoms with Crippen molar-refractivity contribution in [3.05, 3.63) is 12.2 Å². The van der Waals surface area contributed by atoms with Crippen LogP contribution in [0.1, 0.15) is 20.3 Å². The van der Waals surface area contributed by atoms with E-state index in [0.717, 1.165) is 19.6 Å². The fourth-order valence-corrected chi connectivity index (χ4v) is 1.08. The van der Waals surface area contributed by atoms with Gasteiger partial charge in [0.2, 0.25) is 0 Å². The van der Waals surface area contributed by atoms with Crippen molar-refractivity contribution in [2.24, 2.45) is 0 Å². The van der Waals surface area contributed by atoms with Gasteiger partial charge in [0.1, 0.15) is 0 Å². The van der Waals surface area contributed by atoms with E-state index in [4.69, 9.17) is 0 Å². The smallest absolute Gasteiger partial charge is 0.333 e. The van der Waals surface area contributed by atoms with Crippen molar-refractivity contribution < 1.29 is 9.53 Å². The van der Waals surface area contributed by atoms with Crippen LogP contribution in [-0.2, 0) is 9.53 Å². The highest BCUT2D eigenvalue weighted by Crippen LogP contribution is 2.02. The summed E-state index contributed by atoms with van der Waals surface area (Å²) in [6.07, 6.45) is 0.689. The van der Waals surface area contributed by atoms with Gasteiger partial charge in [0.15, 0.2) is 0 Å². The zero-order valence-corrected chi connectivity index (χ0v) is 8.80. The second-order valence-corrected chi connectivity index (χ2v) is 2.87. The number of rotatable bonds is 6. The number of ether oxygens (including phenoxy) is 1. The number of hydrogen-bond acceptors (Lipinski definition) is 3. The normalized spacial score (nSPS) is 10.2. The highest BCUT2D eigenvalue weighted by molar-refractivity contribution is 5.87. The number of methoxy groups -OCH3 is 1. The van der Waals surface area contributed by atoms with Crippen molar-refractivity contribution in [2.75, 3.05) is 26.7 Å². The Morgan fingerprint density at radius 1 is 1.38 bits per heavy atom. The van der Waals surface area contributed by atoms with Crippen LogP contribution in [0, 0.1) is 0 Å². The molecule has 0 aromatic rings. The van der Waals surface area contributed by atoms with Gasteiger partial charge >= 0.3 is 5.97 Å². The molecule has 13 heavy (non-hydrogen) atoms. The van der Waals surface area contributed by atoms with Crippen LogP contribution >= 0.6 is 0 Å². The first kappa shape index (κ1) is 12.2. The van der Waals surface area contributed by atoms with Gasteiger partial charge in [-0.1, -0.05) is 20.4 Å². The molecular formula is C10H19NO2. The molecule has 0 aliphatic carbocycles. The van der Waals surface area contributed by atoms with Crippen LogP contribution in [0.2, 0.25) is 0 Å². The third-order valence-electron chi connectivity index (χ3n) is 2.10. The fraction of sp³-hybridized carbons (Fsp3) is 0.700. The van der Waals surface area contributed by atoms with Crippen LogP contribution in [-0.4, -0.2) is 37.6 Å². The van der Waals surface area contributed by atoms with Crippen molar-refractivity contribution in [3.8, 4) is 0 Å². The maximum Gasteiger partial charge on any atom is 0.333 e. The molecular weight excluding hydrogens is 166 g/mol. The molecule has 0 aromatic heterocycles. The molecule has 0 spiro atoms. The first-order valence-corrected chi connectivity index (χ1v) is 4.64. The quantitative estimate of drug-likeness (QED) is 0.463. The van der Waals surface area contributed by atoms with Crippen LogP contribution < -0.4 is 0 Å². The summed E-state index contributed by atoms with van der Waals surface area (Å²) >= 11 is 0. The topological polar surface area (TPSA) is 29.5 Å². The minimum absolute atomic E-state index is 0.299. The van der Waals surface area contributed by atoms with E-state index in [1.807, 2.05) is 0 Å². The molecule has 3 nitrogen and oxygen atoms in total. The van der Waals surface area contributed by atoms with Crippen molar-refractivity contribution >= 4 is 5.97 Å². The Bertz CT molecular complexity index is 174. The Kier molecular flexibility index (Phi) is 6.24. The van der Waals surface area contributed by atoms with Gasteiger partial charge in [0.05, 0.1) is 7.11 Å². The van der Waals surface area contributed by atoms with Crippen LogP contribution in [0.3, 0.4) is 0 Å². The summed E-state index contributed by atoms with van der Waals surface area (Å²) < 4.78 is 4.55. The van der Waals surface area contributed by atoms with Crippen LogP contribution in [0.5, 0.6) is 0 Å². The molecule has 76 valence electrons. The molecule has 0 amide bonds. The van der Waals surface area contributed by atoms with E-state index in [9.17, 15) is 4.79 Å². The summed E-state index contributed by atoms with van der Waals surface area (Å²) in [5, 5.41) is 0. The molecule has 0 unspecified atom stereocenters. The standard InChI is InChI=1S/C10H19NO2/c1-5-11(6-2)8-7-9(3)10(12)13-4/h3,5-8H2,1-2,4H3. The number of carbonyl (C=O) groups is 1. The molecule has 0 aromatic carbocycles. The van der Waals surface area contributed by atoms with Gasteiger partial charge in [-0.05, 0) is 19.5 Å². The third kappa shape index (κ3) is 4.68. The second-order valence-electron chi connectivity index (χ2n) is 2.87. The molecule has 0 aliphatic heterocycles. The molecule has 0 rings (SSSR count). The summed E-state index contributed by atoms with van der Waals surface area (Å²) in [5.74, 6) is -0.299. The van der Waals surface area contributed by atoms with Gasteiger partial charge in [0, 0.05) is 12.1 Å². The van der Waals surface area contributed by atoms with E-state index in [1.54, 1.807) is 0 Å². The van der Waals surface area contributed by atoms with Crippen molar-refractivity contribution in [1.29, 1.82) is 0 Å². The lowest BCUT2D eigenvalue weighted by Gasteiger charge is -2.17. The highest BCUT2D eigenvalue weighted by Gasteiger charge is 2.07. The van der Waals surface area contributed by atoms with Gasteiger partial charge in [-0.25, -0.2) is 4.79 Å². The third-order valence-corrected chi connectivity index (χ3v) is 2.10. The maximum atomic E-state index is 11.0. The Morgan fingerprint density at radius 3 is 2.31 bits per heavy atom. The molecule has 0 atom stereocenters. The average Bonchev–Trinajstić information content (AvgIpc) is 2.17. The molecule has 0 bridgehead atoms. The lowest BCUT2D eigenvalue weighted by molar-refractivity contribution is -0.136. The predicted molar refractivity (Wildman–Crippen MR) is 53.6 cm³/mol. The highest BCUT2D eigenvalue weighted by atomic mass is 16.5.